The van der Waals surface area contributed by atoms with E-state index < -0.39 is 0 Å². The molecule has 15 heavy (non-hydrogen) atoms. The van der Waals surface area contributed by atoms with Gasteiger partial charge in [0, 0.05) is 5.41 Å². The highest BCUT2D eigenvalue weighted by Crippen LogP contribution is 2.37. The minimum atomic E-state index is 0.0624. The van der Waals surface area contributed by atoms with Gasteiger partial charge < -0.3 is 4.74 Å². The topological polar surface area (TPSA) is 22.1 Å². The van der Waals surface area contributed by atoms with Crippen LogP contribution in [0.2, 0.25) is 0 Å². The van der Waals surface area contributed by atoms with Crippen LogP contribution in [-0.4, -0.2) is 11.5 Å². The molecule has 1 aromatic heterocycles. The summed E-state index contributed by atoms with van der Waals surface area (Å²) in [5, 5.41) is 1.16. The number of methoxy groups -OCH3 is 1. The molecule has 0 N–H and O–H groups in total. The lowest BCUT2D eigenvalue weighted by Crippen LogP contribution is -2.11. The van der Waals surface area contributed by atoms with E-state index in [0.717, 1.165) is 16.8 Å². The SMILES string of the molecule is COc1cccc2snc(C(C)(C)C)c12. The van der Waals surface area contributed by atoms with Crippen LogP contribution in [0.1, 0.15) is 26.5 Å². The maximum atomic E-state index is 5.39. The van der Waals surface area contributed by atoms with Crippen LogP contribution >= 0.6 is 11.5 Å². The Morgan fingerprint density at radius 1 is 1.27 bits per heavy atom. The largest absolute Gasteiger partial charge is 0.496 e. The van der Waals surface area contributed by atoms with Gasteiger partial charge in [0.05, 0.1) is 22.9 Å². The van der Waals surface area contributed by atoms with Gasteiger partial charge in [-0.05, 0) is 23.7 Å². The van der Waals surface area contributed by atoms with Crippen molar-refractivity contribution >= 4 is 21.6 Å². The minimum absolute atomic E-state index is 0.0624. The smallest absolute Gasteiger partial charge is 0.129 e. The summed E-state index contributed by atoms with van der Waals surface area (Å²) in [4.78, 5) is 0. The van der Waals surface area contributed by atoms with Gasteiger partial charge in [-0.2, -0.15) is 4.37 Å². The monoisotopic (exact) mass is 221 g/mol. The zero-order valence-corrected chi connectivity index (χ0v) is 10.3. The normalized spacial score (nSPS) is 12.0. The van der Waals surface area contributed by atoms with Crippen molar-refractivity contribution in [1.82, 2.24) is 4.37 Å². The molecule has 0 amide bonds. The lowest BCUT2D eigenvalue weighted by atomic mass is 9.90. The van der Waals surface area contributed by atoms with Gasteiger partial charge >= 0.3 is 0 Å². The Bertz CT molecular complexity index is 482. The third-order valence-electron chi connectivity index (χ3n) is 2.39. The van der Waals surface area contributed by atoms with Crippen LogP contribution in [0.25, 0.3) is 10.1 Å². The summed E-state index contributed by atoms with van der Waals surface area (Å²) in [6.07, 6.45) is 0. The van der Waals surface area contributed by atoms with Crippen LogP contribution in [0.15, 0.2) is 18.2 Å². The molecule has 1 heterocycles. The summed E-state index contributed by atoms with van der Waals surface area (Å²) >= 11 is 1.54. The molecule has 0 fully saturated rings. The van der Waals surface area contributed by atoms with E-state index in [2.05, 4.69) is 31.2 Å². The quantitative estimate of drug-likeness (QED) is 0.734. The fourth-order valence-corrected chi connectivity index (χ4v) is 2.63. The Morgan fingerprint density at radius 3 is 2.60 bits per heavy atom. The standard InChI is InChI=1S/C12H15NOS/c1-12(2,3)11-10-8(14-4)6-5-7-9(10)15-13-11/h5-7H,1-4H3. The highest BCUT2D eigenvalue weighted by Gasteiger charge is 2.22. The predicted octanol–water partition coefficient (Wildman–Crippen LogP) is 3.60. The van der Waals surface area contributed by atoms with Crippen LogP contribution in [0, 0.1) is 0 Å². The van der Waals surface area contributed by atoms with Crippen molar-refractivity contribution in [2.75, 3.05) is 7.11 Å². The molecule has 0 aliphatic rings. The van der Waals surface area contributed by atoms with Crippen molar-refractivity contribution < 1.29 is 4.74 Å². The maximum Gasteiger partial charge on any atom is 0.129 e. The van der Waals surface area contributed by atoms with E-state index in [4.69, 9.17) is 4.74 Å². The van der Waals surface area contributed by atoms with Gasteiger partial charge in [0.1, 0.15) is 5.75 Å². The highest BCUT2D eigenvalue weighted by atomic mass is 32.1. The predicted molar refractivity (Wildman–Crippen MR) is 64.9 cm³/mol. The zero-order chi connectivity index (χ0) is 11.1. The molecule has 2 aromatic rings. The summed E-state index contributed by atoms with van der Waals surface area (Å²) in [7, 11) is 1.71. The van der Waals surface area contributed by atoms with Gasteiger partial charge in [0.25, 0.3) is 0 Å². The average molecular weight is 221 g/mol. The highest BCUT2D eigenvalue weighted by molar-refractivity contribution is 7.13. The molecule has 0 radical (unpaired) electrons. The summed E-state index contributed by atoms with van der Waals surface area (Å²) in [5.41, 5.74) is 1.19. The fourth-order valence-electron chi connectivity index (χ4n) is 1.64. The van der Waals surface area contributed by atoms with Crippen LogP contribution in [-0.2, 0) is 5.41 Å². The second-order valence-corrected chi connectivity index (χ2v) is 5.42. The Labute approximate surface area is 94.1 Å². The average Bonchev–Trinajstić information content (AvgIpc) is 2.59. The number of nitrogens with zero attached hydrogens (tertiary/aromatic N) is 1. The molecule has 0 bridgehead atoms. The molecule has 0 atom stereocenters. The number of fused-ring (bicyclic) bond motifs is 1. The molecule has 80 valence electrons. The van der Waals surface area contributed by atoms with E-state index in [-0.39, 0.29) is 5.41 Å². The van der Waals surface area contributed by atoms with Gasteiger partial charge in [-0.25, -0.2) is 0 Å². The molecule has 1 aromatic carbocycles. The molecule has 2 rings (SSSR count). The molecule has 0 saturated carbocycles. The third kappa shape index (κ3) is 1.72. The van der Waals surface area contributed by atoms with Crippen molar-refractivity contribution in [3.63, 3.8) is 0 Å². The first-order valence-corrected chi connectivity index (χ1v) is 5.74. The summed E-state index contributed by atoms with van der Waals surface area (Å²) in [5.74, 6) is 0.922. The van der Waals surface area contributed by atoms with E-state index in [1.54, 1.807) is 18.6 Å². The first kappa shape index (κ1) is 10.4. The van der Waals surface area contributed by atoms with Crippen molar-refractivity contribution in [3.8, 4) is 5.75 Å². The van der Waals surface area contributed by atoms with E-state index in [1.807, 2.05) is 12.1 Å². The number of ether oxygens (including phenoxy) is 1. The van der Waals surface area contributed by atoms with Gasteiger partial charge in [-0.3, -0.25) is 0 Å². The Kier molecular flexibility index (Phi) is 2.43. The zero-order valence-electron chi connectivity index (χ0n) is 9.50. The first-order chi connectivity index (χ1) is 7.04. The lowest BCUT2D eigenvalue weighted by molar-refractivity contribution is 0.418. The van der Waals surface area contributed by atoms with Crippen molar-refractivity contribution in [3.05, 3.63) is 23.9 Å². The summed E-state index contributed by atoms with van der Waals surface area (Å²) in [6, 6.07) is 6.09. The van der Waals surface area contributed by atoms with Gasteiger partial charge in [-0.15, -0.1) is 0 Å². The number of aromatic nitrogens is 1. The van der Waals surface area contributed by atoms with E-state index >= 15 is 0 Å². The van der Waals surface area contributed by atoms with Crippen LogP contribution in [0.3, 0.4) is 0 Å². The number of benzene rings is 1. The molecule has 2 nitrogen and oxygen atoms in total. The van der Waals surface area contributed by atoms with E-state index in [1.165, 1.54) is 4.70 Å². The van der Waals surface area contributed by atoms with Crippen molar-refractivity contribution in [2.24, 2.45) is 0 Å². The molecule has 0 unspecified atom stereocenters. The fraction of sp³-hybridized carbons (Fsp3) is 0.417. The number of hydrogen-bond donors (Lipinski definition) is 0. The first-order valence-electron chi connectivity index (χ1n) is 4.97. The van der Waals surface area contributed by atoms with Gasteiger partial charge in [-0.1, -0.05) is 26.8 Å². The van der Waals surface area contributed by atoms with Crippen LogP contribution < -0.4 is 4.74 Å². The van der Waals surface area contributed by atoms with Crippen LogP contribution in [0.4, 0.5) is 0 Å². The minimum Gasteiger partial charge on any atom is -0.496 e. The Balaban J connectivity index is 2.77. The van der Waals surface area contributed by atoms with E-state index in [0.29, 0.717) is 0 Å². The molecule has 3 heteroatoms. The van der Waals surface area contributed by atoms with E-state index in [9.17, 15) is 0 Å². The molecule has 0 aliphatic heterocycles. The summed E-state index contributed by atoms with van der Waals surface area (Å²) < 4.78 is 11.1. The number of rotatable bonds is 1. The Morgan fingerprint density at radius 2 is 2.00 bits per heavy atom. The van der Waals surface area contributed by atoms with Crippen molar-refractivity contribution in [1.29, 1.82) is 0 Å². The summed E-state index contributed by atoms with van der Waals surface area (Å²) in [6.45, 7) is 6.52. The lowest BCUT2D eigenvalue weighted by Gasteiger charge is -2.16. The number of hydrogen-bond acceptors (Lipinski definition) is 3. The Hall–Kier alpha value is -1.09. The van der Waals surface area contributed by atoms with Crippen molar-refractivity contribution in [2.45, 2.75) is 26.2 Å². The third-order valence-corrected chi connectivity index (χ3v) is 3.20. The second kappa shape index (κ2) is 3.49. The molecular formula is C12H15NOS. The van der Waals surface area contributed by atoms with Crippen LogP contribution in [0.5, 0.6) is 5.75 Å². The molecular weight excluding hydrogens is 206 g/mol. The second-order valence-electron chi connectivity index (χ2n) is 4.61. The maximum absolute atomic E-state index is 5.39. The molecule has 0 aliphatic carbocycles. The van der Waals surface area contributed by atoms with Gasteiger partial charge in [0.15, 0.2) is 0 Å². The van der Waals surface area contributed by atoms with Gasteiger partial charge in [0.2, 0.25) is 0 Å². The molecule has 0 spiro atoms. The molecule has 0 saturated heterocycles.